The fraction of sp³-hybridized carbons (Fsp3) is 0.310. The molecule has 0 aliphatic carbocycles. The summed E-state index contributed by atoms with van der Waals surface area (Å²) in [5, 5.41) is 12.2. The van der Waals surface area contributed by atoms with Gasteiger partial charge in [0.05, 0.1) is 49.1 Å². The Morgan fingerprint density at radius 1 is 1.00 bits per heavy atom. The normalized spacial score (nSPS) is 16.3. The van der Waals surface area contributed by atoms with E-state index in [-0.39, 0.29) is 6.10 Å². The summed E-state index contributed by atoms with van der Waals surface area (Å²) in [6.45, 7) is 7.30. The number of ether oxygens (including phenoxy) is 2. The van der Waals surface area contributed by atoms with Crippen LogP contribution in [0.4, 0.5) is 0 Å². The number of carbonyl (C=O) groups is 1. The third kappa shape index (κ3) is 3.58. The Balaban J connectivity index is 1.59. The first-order valence-electron chi connectivity index (χ1n) is 12.6. The molecule has 1 atom stereocenters. The highest BCUT2D eigenvalue weighted by Gasteiger charge is 2.23. The molecule has 7 nitrogen and oxygen atoms in total. The van der Waals surface area contributed by atoms with Crippen LogP contribution in [-0.2, 0) is 29.0 Å². The number of hydrogen-bond donors (Lipinski definition) is 1. The summed E-state index contributed by atoms with van der Waals surface area (Å²) < 4.78 is 16.1. The molecule has 3 heterocycles. The fourth-order valence-corrected chi connectivity index (χ4v) is 5.59. The largest absolute Gasteiger partial charge is 0.478 e. The van der Waals surface area contributed by atoms with Crippen molar-refractivity contribution in [3.05, 3.63) is 65.7 Å². The second kappa shape index (κ2) is 9.08. The van der Waals surface area contributed by atoms with Gasteiger partial charge in [0, 0.05) is 33.9 Å². The molecular formula is C29H29N3O4. The van der Waals surface area contributed by atoms with Gasteiger partial charge in [-0.25, -0.2) is 9.78 Å². The molecule has 1 aliphatic heterocycles. The molecule has 0 amide bonds. The zero-order chi connectivity index (χ0) is 24.8. The highest BCUT2D eigenvalue weighted by molar-refractivity contribution is 6.09. The topological polar surface area (TPSA) is 78.5 Å². The molecule has 184 valence electrons. The summed E-state index contributed by atoms with van der Waals surface area (Å²) in [6, 6.07) is 18.5. The summed E-state index contributed by atoms with van der Waals surface area (Å²) >= 11 is 0. The number of aromatic nitrogens is 3. The number of carboxylic acids is 1. The van der Waals surface area contributed by atoms with E-state index < -0.39 is 5.97 Å². The molecule has 1 unspecified atom stereocenters. The van der Waals surface area contributed by atoms with Crippen LogP contribution in [0, 0.1) is 0 Å². The lowest BCUT2D eigenvalue weighted by Gasteiger charge is -2.24. The van der Waals surface area contributed by atoms with Crippen molar-refractivity contribution in [1.29, 1.82) is 0 Å². The smallest absolute Gasteiger partial charge is 0.336 e. The molecule has 1 saturated heterocycles. The molecule has 7 heteroatoms. The Morgan fingerprint density at radius 3 is 2.56 bits per heavy atom. The van der Waals surface area contributed by atoms with E-state index in [1.807, 2.05) is 13.0 Å². The Hall–Kier alpha value is -3.68. The van der Waals surface area contributed by atoms with Crippen molar-refractivity contribution in [2.75, 3.05) is 19.8 Å². The van der Waals surface area contributed by atoms with Crippen molar-refractivity contribution in [1.82, 2.24) is 14.1 Å². The van der Waals surface area contributed by atoms with Gasteiger partial charge in [0.1, 0.15) is 5.82 Å². The Kier molecular flexibility index (Phi) is 5.74. The Bertz CT molecular complexity index is 1610. The minimum Gasteiger partial charge on any atom is -0.478 e. The van der Waals surface area contributed by atoms with Crippen molar-refractivity contribution in [3.8, 4) is 11.4 Å². The Morgan fingerprint density at radius 2 is 1.81 bits per heavy atom. The van der Waals surface area contributed by atoms with Gasteiger partial charge in [0.2, 0.25) is 0 Å². The van der Waals surface area contributed by atoms with E-state index in [2.05, 4.69) is 58.5 Å². The van der Waals surface area contributed by atoms with Crippen LogP contribution in [0.5, 0.6) is 0 Å². The predicted molar refractivity (Wildman–Crippen MR) is 141 cm³/mol. The first kappa shape index (κ1) is 22.8. The van der Waals surface area contributed by atoms with Gasteiger partial charge in [-0.1, -0.05) is 25.1 Å². The molecular weight excluding hydrogens is 454 g/mol. The summed E-state index contributed by atoms with van der Waals surface area (Å²) in [5.74, 6) is -0.116. The lowest BCUT2D eigenvalue weighted by atomic mass is 10.0. The first-order chi connectivity index (χ1) is 17.6. The van der Waals surface area contributed by atoms with Gasteiger partial charge in [-0.2, -0.15) is 0 Å². The summed E-state index contributed by atoms with van der Waals surface area (Å²) in [6.07, 6.45) is 0.492. The third-order valence-corrected chi connectivity index (χ3v) is 7.23. The molecule has 1 aliphatic rings. The average Bonchev–Trinajstić information content (AvgIpc) is 3.43. The highest BCUT2D eigenvalue weighted by atomic mass is 16.6. The number of rotatable bonds is 6. The molecule has 0 spiro atoms. The van der Waals surface area contributed by atoms with E-state index in [0.29, 0.717) is 38.3 Å². The molecule has 3 aromatic carbocycles. The van der Waals surface area contributed by atoms with E-state index in [0.717, 1.165) is 34.5 Å². The lowest BCUT2D eigenvalue weighted by Crippen LogP contribution is -2.32. The van der Waals surface area contributed by atoms with Gasteiger partial charge >= 0.3 is 5.97 Å². The minimum absolute atomic E-state index is 0.0927. The molecule has 36 heavy (non-hydrogen) atoms. The van der Waals surface area contributed by atoms with E-state index in [4.69, 9.17) is 14.5 Å². The van der Waals surface area contributed by atoms with Gasteiger partial charge in [0.25, 0.3) is 0 Å². The minimum atomic E-state index is -0.928. The number of fused-ring (bicyclic) bond motifs is 4. The standard InChI is InChI=1S/C29H29N3O4/c1-3-20-22(29(33)34)10-12-26-27(20)30-28(32(26)16-19-17-35-13-14-36-19)18-9-11-25-23(15-18)21-7-5-6-8-24(21)31(25)4-2/h5-12,15,19H,3-4,13-14,16-17H2,1-2H3,(H,33,34). The van der Waals surface area contributed by atoms with Gasteiger partial charge < -0.3 is 23.7 Å². The second-order valence-corrected chi connectivity index (χ2v) is 9.23. The maximum Gasteiger partial charge on any atom is 0.336 e. The zero-order valence-corrected chi connectivity index (χ0v) is 20.5. The van der Waals surface area contributed by atoms with Gasteiger partial charge in [0.15, 0.2) is 0 Å². The quantitative estimate of drug-likeness (QED) is 0.345. The molecule has 1 N–H and O–H groups in total. The van der Waals surface area contributed by atoms with Crippen LogP contribution in [-0.4, -0.2) is 51.1 Å². The van der Waals surface area contributed by atoms with Crippen molar-refractivity contribution >= 4 is 38.8 Å². The Labute approximate surface area is 208 Å². The number of carboxylic acid groups (broad SMARTS) is 1. The van der Waals surface area contributed by atoms with Crippen LogP contribution in [0.2, 0.25) is 0 Å². The molecule has 0 saturated carbocycles. The summed E-state index contributed by atoms with van der Waals surface area (Å²) in [4.78, 5) is 17.0. The van der Waals surface area contributed by atoms with Crippen LogP contribution < -0.4 is 0 Å². The zero-order valence-electron chi connectivity index (χ0n) is 20.5. The van der Waals surface area contributed by atoms with Gasteiger partial charge in [-0.3, -0.25) is 0 Å². The third-order valence-electron chi connectivity index (χ3n) is 7.23. The van der Waals surface area contributed by atoms with Gasteiger partial charge in [-0.05, 0) is 55.3 Å². The molecule has 6 rings (SSSR count). The maximum absolute atomic E-state index is 11.9. The highest BCUT2D eigenvalue weighted by Crippen LogP contribution is 2.35. The number of aryl methyl sites for hydroxylation is 2. The van der Waals surface area contributed by atoms with Crippen molar-refractivity contribution < 1.29 is 19.4 Å². The SMILES string of the molecule is CCc1c(C(=O)O)ccc2c1nc(-c1ccc3c(c1)c1ccccc1n3CC)n2CC1COCCO1. The number of hydrogen-bond acceptors (Lipinski definition) is 4. The first-order valence-corrected chi connectivity index (χ1v) is 12.6. The van der Waals surface area contributed by atoms with Crippen LogP contribution in [0.15, 0.2) is 54.6 Å². The maximum atomic E-state index is 11.9. The number of imidazole rings is 1. The van der Waals surface area contributed by atoms with Crippen LogP contribution in [0.1, 0.15) is 29.8 Å². The molecule has 5 aromatic rings. The molecule has 0 radical (unpaired) electrons. The van der Waals surface area contributed by atoms with Gasteiger partial charge in [-0.15, -0.1) is 0 Å². The lowest BCUT2D eigenvalue weighted by molar-refractivity contribution is -0.0931. The van der Waals surface area contributed by atoms with E-state index >= 15 is 0 Å². The second-order valence-electron chi connectivity index (χ2n) is 9.23. The monoisotopic (exact) mass is 483 g/mol. The number of para-hydroxylation sites is 1. The number of benzene rings is 3. The number of aromatic carboxylic acids is 1. The van der Waals surface area contributed by atoms with E-state index in [9.17, 15) is 9.90 Å². The van der Waals surface area contributed by atoms with Crippen LogP contribution in [0.25, 0.3) is 44.2 Å². The van der Waals surface area contributed by atoms with Crippen molar-refractivity contribution in [2.45, 2.75) is 39.5 Å². The predicted octanol–water partition coefficient (Wildman–Crippen LogP) is 5.51. The van der Waals surface area contributed by atoms with Crippen LogP contribution in [0.3, 0.4) is 0 Å². The summed E-state index contributed by atoms with van der Waals surface area (Å²) in [7, 11) is 0. The summed E-state index contributed by atoms with van der Waals surface area (Å²) in [5.41, 5.74) is 6.11. The van der Waals surface area contributed by atoms with Crippen molar-refractivity contribution in [2.24, 2.45) is 0 Å². The fourth-order valence-electron chi connectivity index (χ4n) is 5.59. The molecule has 1 fully saturated rings. The van der Waals surface area contributed by atoms with E-state index in [1.54, 1.807) is 6.07 Å². The average molecular weight is 484 g/mol. The molecule has 0 bridgehead atoms. The van der Waals surface area contributed by atoms with Crippen LogP contribution >= 0.6 is 0 Å². The molecule has 2 aromatic heterocycles. The number of nitrogens with zero attached hydrogens (tertiary/aromatic N) is 3. The van der Waals surface area contributed by atoms with Crippen molar-refractivity contribution in [3.63, 3.8) is 0 Å². The van der Waals surface area contributed by atoms with E-state index in [1.165, 1.54) is 21.8 Å².